The molecule has 1 aliphatic carbocycles. The highest BCUT2D eigenvalue weighted by atomic mass is 16.5. The first kappa shape index (κ1) is 11.0. The molecule has 1 saturated carbocycles. The second-order valence-electron chi connectivity index (χ2n) is 3.73. The van der Waals surface area contributed by atoms with Gasteiger partial charge in [-0.1, -0.05) is 0 Å². The summed E-state index contributed by atoms with van der Waals surface area (Å²) >= 11 is 0. The zero-order chi connectivity index (χ0) is 9.52. The number of methoxy groups -OCH3 is 1. The summed E-state index contributed by atoms with van der Waals surface area (Å²) in [6, 6.07) is 0.426. The monoisotopic (exact) mass is 187 g/mol. The Bertz CT molecular complexity index is 126. The van der Waals surface area contributed by atoms with Gasteiger partial charge in [-0.05, 0) is 26.2 Å². The Morgan fingerprint density at radius 3 is 2.77 bits per heavy atom. The Kier molecular flexibility index (Phi) is 5.35. The third-order valence-corrected chi connectivity index (χ3v) is 2.42. The van der Waals surface area contributed by atoms with Crippen LogP contribution in [0.3, 0.4) is 0 Å². The molecule has 0 aromatic rings. The summed E-state index contributed by atoms with van der Waals surface area (Å²) in [4.78, 5) is 0. The van der Waals surface area contributed by atoms with E-state index in [1.165, 1.54) is 19.3 Å². The first-order chi connectivity index (χ1) is 6.33. The number of ether oxygens (including phenoxy) is 2. The van der Waals surface area contributed by atoms with Crippen LogP contribution in [0, 0.1) is 0 Å². The Balaban J connectivity index is 1.82. The van der Waals surface area contributed by atoms with Crippen LogP contribution in [0.1, 0.15) is 26.2 Å². The Hall–Kier alpha value is -0.120. The number of hydrogen-bond donors (Lipinski definition) is 1. The minimum atomic E-state index is 0.426. The molecule has 0 amide bonds. The van der Waals surface area contributed by atoms with Crippen molar-refractivity contribution in [1.82, 2.24) is 5.32 Å². The van der Waals surface area contributed by atoms with Crippen molar-refractivity contribution in [1.29, 1.82) is 0 Å². The van der Waals surface area contributed by atoms with Gasteiger partial charge in [0.1, 0.15) is 0 Å². The second kappa shape index (κ2) is 6.35. The largest absolute Gasteiger partial charge is 0.383 e. The molecule has 0 bridgehead atoms. The second-order valence-corrected chi connectivity index (χ2v) is 3.73. The Labute approximate surface area is 80.8 Å². The van der Waals surface area contributed by atoms with Gasteiger partial charge in [-0.3, -0.25) is 0 Å². The average Bonchev–Trinajstić information content (AvgIpc) is 2.01. The van der Waals surface area contributed by atoms with Crippen LogP contribution < -0.4 is 5.32 Å². The van der Waals surface area contributed by atoms with E-state index >= 15 is 0 Å². The van der Waals surface area contributed by atoms with Crippen LogP contribution in [0.2, 0.25) is 0 Å². The van der Waals surface area contributed by atoms with Crippen molar-refractivity contribution in [3.8, 4) is 0 Å². The molecule has 1 fully saturated rings. The molecule has 0 aliphatic heterocycles. The molecule has 0 spiro atoms. The molecular weight excluding hydrogens is 166 g/mol. The van der Waals surface area contributed by atoms with Crippen molar-refractivity contribution in [2.45, 2.75) is 38.3 Å². The van der Waals surface area contributed by atoms with Gasteiger partial charge in [-0.2, -0.15) is 0 Å². The fourth-order valence-corrected chi connectivity index (χ4v) is 1.38. The van der Waals surface area contributed by atoms with Crippen molar-refractivity contribution in [2.75, 3.05) is 26.9 Å². The molecule has 1 N–H and O–H groups in total. The zero-order valence-corrected chi connectivity index (χ0v) is 8.71. The lowest BCUT2D eigenvalue weighted by Gasteiger charge is -2.25. The highest BCUT2D eigenvalue weighted by Gasteiger charge is 2.17. The normalized spacial score (nSPS) is 19.8. The lowest BCUT2D eigenvalue weighted by atomic mass is 9.96. The number of nitrogens with one attached hydrogen (secondary N) is 1. The van der Waals surface area contributed by atoms with E-state index in [-0.39, 0.29) is 0 Å². The molecule has 1 rings (SSSR count). The Morgan fingerprint density at radius 2 is 2.23 bits per heavy atom. The molecule has 0 saturated heterocycles. The summed E-state index contributed by atoms with van der Waals surface area (Å²) < 4.78 is 10.6. The highest BCUT2D eigenvalue weighted by Crippen LogP contribution is 2.21. The molecule has 0 aromatic heterocycles. The van der Waals surface area contributed by atoms with Crippen molar-refractivity contribution in [2.24, 2.45) is 0 Å². The van der Waals surface area contributed by atoms with Gasteiger partial charge in [0.25, 0.3) is 0 Å². The lowest BCUT2D eigenvalue weighted by molar-refractivity contribution is 0.00291. The summed E-state index contributed by atoms with van der Waals surface area (Å²) in [6.07, 6.45) is 4.42. The molecule has 1 aliphatic rings. The molecule has 1 atom stereocenters. The highest BCUT2D eigenvalue weighted by molar-refractivity contribution is 4.69. The van der Waals surface area contributed by atoms with Gasteiger partial charge < -0.3 is 14.8 Å². The van der Waals surface area contributed by atoms with Crippen LogP contribution in [0.15, 0.2) is 0 Å². The topological polar surface area (TPSA) is 30.5 Å². The summed E-state index contributed by atoms with van der Waals surface area (Å²) in [5, 5.41) is 3.34. The maximum atomic E-state index is 5.60. The van der Waals surface area contributed by atoms with E-state index in [1.54, 1.807) is 7.11 Å². The Morgan fingerprint density at radius 1 is 1.46 bits per heavy atom. The van der Waals surface area contributed by atoms with Gasteiger partial charge in [0.15, 0.2) is 0 Å². The quantitative estimate of drug-likeness (QED) is 0.607. The molecule has 3 heteroatoms. The van der Waals surface area contributed by atoms with Crippen LogP contribution in [-0.2, 0) is 9.47 Å². The van der Waals surface area contributed by atoms with Crippen molar-refractivity contribution < 1.29 is 9.47 Å². The number of rotatable bonds is 7. The van der Waals surface area contributed by atoms with E-state index in [1.807, 2.05) is 0 Å². The molecule has 13 heavy (non-hydrogen) atoms. The first-order valence-electron chi connectivity index (χ1n) is 5.17. The first-order valence-corrected chi connectivity index (χ1v) is 5.17. The van der Waals surface area contributed by atoms with E-state index in [9.17, 15) is 0 Å². The average molecular weight is 187 g/mol. The molecule has 1 unspecified atom stereocenters. The van der Waals surface area contributed by atoms with Crippen molar-refractivity contribution in [3.05, 3.63) is 0 Å². The van der Waals surface area contributed by atoms with Gasteiger partial charge in [-0.25, -0.2) is 0 Å². The fourth-order valence-electron chi connectivity index (χ4n) is 1.38. The van der Waals surface area contributed by atoms with E-state index < -0.39 is 0 Å². The smallest absolute Gasteiger partial charge is 0.0613 e. The predicted octanol–water partition coefficient (Wildman–Crippen LogP) is 1.18. The standard InChI is InChI=1S/C10H21NO2/c1-9(8-12-2)11-6-7-13-10-4-3-5-10/h9-11H,3-8H2,1-2H3. The van der Waals surface area contributed by atoms with Crippen LogP contribution in [0.5, 0.6) is 0 Å². The van der Waals surface area contributed by atoms with E-state index in [0.29, 0.717) is 12.1 Å². The van der Waals surface area contributed by atoms with Gasteiger partial charge in [0.05, 0.1) is 19.3 Å². The summed E-state index contributed by atoms with van der Waals surface area (Å²) in [6.45, 7) is 4.65. The van der Waals surface area contributed by atoms with E-state index in [2.05, 4.69) is 12.2 Å². The molecule has 3 nitrogen and oxygen atoms in total. The predicted molar refractivity (Wildman–Crippen MR) is 52.9 cm³/mol. The van der Waals surface area contributed by atoms with E-state index in [4.69, 9.17) is 9.47 Å². The van der Waals surface area contributed by atoms with E-state index in [0.717, 1.165) is 19.8 Å². The molecule has 78 valence electrons. The summed E-state index contributed by atoms with van der Waals surface area (Å²) in [5.41, 5.74) is 0. The fraction of sp³-hybridized carbons (Fsp3) is 1.00. The summed E-state index contributed by atoms with van der Waals surface area (Å²) in [5.74, 6) is 0. The lowest BCUT2D eigenvalue weighted by Crippen LogP contribution is -2.34. The maximum Gasteiger partial charge on any atom is 0.0613 e. The SMILES string of the molecule is COCC(C)NCCOC1CCC1. The molecule has 0 radical (unpaired) electrons. The van der Waals surface area contributed by atoms with Crippen molar-refractivity contribution in [3.63, 3.8) is 0 Å². The van der Waals surface area contributed by atoms with Crippen LogP contribution in [-0.4, -0.2) is 39.0 Å². The molecular formula is C10H21NO2. The van der Waals surface area contributed by atoms with Crippen LogP contribution >= 0.6 is 0 Å². The molecule has 0 heterocycles. The van der Waals surface area contributed by atoms with Crippen LogP contribution in [0.4, 0.5) is 0 Å². The van der Waals surface area contributed by atoms with Gasteiger partial charge >= 0.3 is 0 Å². The van der Waals surface area contributed by atoms with Gasteiger partial charge in [0.2, 0.25) is 0 Å². The van der Waals surface area contributed by atoms with Crippen molar-refractivity contribution >= 4 is 0 Å². The maximum absolute atomic E-state index is 5.60. The minimum absolute atomic E-state index is 0.426. The summed E-state index contributed by atoms with van der Waals surface area (Å²) in [7, 11) is 1.73. The zero-order valence-electron chi connectivity index (χ0n) is 8.71. The third kappa shape index (κ3) is 4.60. The third-order valence-electron chi connectivity index (χ3n) is 2.42. The van der Waals surface area contributed by atoms with Gasteiger partial charge in [0, 0.05) is 19.7 Å². The minimum Gasteiger partial charge on any atom is -0.383 e. The number of hydrogen-bond acceptors (Lipinski definition) is 3. The molecule has 0 aromatic carbocycles. The van der Waals surface area contributed by atoms with Crippen LogP contribution in [0.25, 0.3) is 0 Å². The van der Waals surface area contributed by atoms with Gasteiger partial charge in [-0.15, -0.1) is 0 Å².